The summed E-state index contributed by atoms with van der Waals surface area (Å²) >= 11 is 3.39. The average molecular weight is 295 g/mol. The van der Waals surface area contributed by atoms with Gasteiger partial charge in [0.2, 0.25) is 0 Å². The van der Waals surface area contributed by atoms with E-state index in [2.05, 4.69) is 21.0 Å². The molecule has 0 aliphatic rings. The third-order valence-corrected chi connectivity index (χ3v) is 2.78. The van der Waals surface area contributed by atoms with E-state index in [0.29, 0.717) is 12.4 Å². The van der Waals surface area contributed by atoms with Crippen LogP contribution in [0.5, 0.6) is 0 Å². The fourth-order valence-corrected chi connectivity index (χ4v) is 1.93. The zero-order valence-electron chi connectivity index (χ0n) is 8.93. The van der Waals surface area contributed by atoms with Crippen molar-refractivity contribution in [1.82, 2.24) is 9.78 Å². The molecule has 0 saturated carbocycles. The molecule has 0 fully saturated rings. The molecule has 0 aliphatic heterocycles. The second kappa shape index (κ2) is 4.58. The van der Waals surface area contributed by atoms with E-state index in [4.69, 9.17) is 11.5 Å². The smallest absolute Gasteiger partial charge is 0.269 e. The molecule has 0 bridgehead atoms. The largest absolute Gasteiger partial charge is 0.384 e. The first kappa shape index (κ1) is 11.7. The molecule has 0 atom stereocenters. The zero-order valence-corrected chi connectivity index (χ0v) is 10.5. The summed E-state index contributed by atoms with van der Waals surface area (Å²) in [6.07, 6.45) is 0. The van der Waals surface area contributed by atoms with Crippen molar-refractivity contribution in [3.63, 3.8) is 0 Å². The molecule has 2 rings (SSSR count). The van der Waals surface area contributed by atoms with Gasteiger partial charge in [-0.15, -0.1) is 0 Å². The van der Waals surface area contributed by atoms with Gasteiger partial charge in [-0.2, -0.15) is 5.10 Å². The van der Waals surface area contributed by atoms with Crippen LogP contribution in [0, 0.1) is 0 Å². The number of nitrogen functional groups attached to an aromatic ring is 1. The first-order chi connectivity index (χ1) is 8.06. The third kappa shape index (κ3) is 2.65. The number of nitrogens with two attached hydrogens (primary N) is 2. The van der Waals surface area contributed by atoms with Crippen molar-refractivity contribution in [3.05, 3.63) is 46.1 Å². The third-order valence-electron chi connectivity index (χ3n) is 2.28. The van der Waals surface area contributed by atoms with Crippen LogP contribution in [0.15, 0.2) is 34.8 Å². The molecule has 6 heteroatoms. The molecule has 0 unspecified atom stereocenters. The second-order valence-electron chi connectivity index (χ2n) is 3.61. The van der Waals surface area contributed by atoms with Crippen LogP contribution in [0.4, 0.5) is 5.82 Å². The summed E-state index contributed by atoms with van der Waals surface area (Å²) in [6.45, 7) is 0.499. The van der Waals surface area contributed by atoms with Crippen LogP contribution in [-0.4, -0.2) is 15.7 Å². The number of carbonyl (C=O) groups is 1. The van der Waals surface area contributed by atoms with E-state index >= 15 is 0 Å². The van der Waals surface area contributed by atoms with Crippen LogP contribution in [0.25, 0.3) is 0 Å². The lowest BCUT2D eigenvalue weighted by Gasteiger charge is -2.04. The molecule has 1 aromatic carbocycles. The maximum Gasteiger partial charge on any atom is 0.269 e. The zero-order chi connectivity index (χ0) is 12.4. The minimum atomic E-state index is -0.579. The quantitative estimate of drug-likeness (QED) is 0.896. The van der Waals surface area contributed by atoms with E-state index in [0.717, 1.165) is 10.0 Å². The number of anilines is 1. The fraction of sp³-hybridized carbons (Fsp3) is 0.0909. The number of hydrogen-bond acceptors (Lipinski definition) is 3. The Morgan fingerprint density at radius 2 is 2.18 bits per heavy atom. The van der Waals surface area contributed by atoms with Gasteiger partial charge in [-0.1, -0.05) is 28.1 Å². The van der Waals surface area contributed by atoms with Crippen molar-refractivity contribution >= 4 is 27.7 Å². The Labute approximate surface area is 107 Å². The van der Waals surface area contributed by atoms with Crippen molar-refractivity contribution in [2.45, 2.75) is 6.54 Å². The molecule has 1 amide bonds. The number of primary amides is 1. The lowest BCUT2D eigenvalue weighted by atomic mass is 10.2. The molecule has 88 valence electrons. The van der Waals surface area contributed by atoms with Crippen molar-refractivity contribution in [3.8, 4) is 0 Å². The van der Waals surface area contributed by atoms with Crippen LogP contribution in [0.1, 0.15) is 16.1 Å². The molecular weight excluding hydrogens is 284 g/mol. The Morgan fingerprint density at radius 1 is 1.41 bits per heavy atom. The SMILES string of the molecule is NC(=O)c1cc(N)n(Cc2cccc(Br)c2)n1. The Balaban J connectivity index is 2.27. The van der Waals surface area contributed by atoms with Crippen LogP contribution in [0.2, 0.25) is 0 Å². The van der Waals surface area contributed by atoms with E-state index in [9.17, 15) is 4.79 Å². The van der Waals surface area contributed by atoms with E-state index in [1.54, 1.807) is 4.68 Å². The molecule has 0 radical (unpaired) electrons. The van der Waals surface area contributed by atoms with Crippen molar-refractivity contribution in [2.24, 2.45) is 5.73 Å². The van der Waals surface area contributed by atoms with Gasteiger partial charge in [-0.25, -0.2) is 4.68 Å². The highest BCUT2D eigenvalue weighted by Crippen LogP contribution is 2.14. The summed E-state index contributed by atoms with van der Waals surface area (Å²) in [7, 11) is 0. The van der Waals surface area contributed by atoms with Gasteiger partial charge in [0.15, 0.2) is 5.69 Å². The first-order valence-electron chi connectivity index (χ1n) is 4.94. The summed E-state index contributed by atoms with van der Waals surface area (Å²) in [5, 5.41) is 4.04. The minimum Gasteiger partial charge on any atom is -0.384 e. The fourth-order valence-electron chi connectivity index (χ4n) is 1.49. The number of hydrogen-bond donors (Lipinski definition) is 2. The Morgan fingerprint density at radius 3 is 2.76 bits per heavy atom. The normalized spacial score (nSPS) is 10.4. The second-order valence-corrected chi connectivity index (χ2v) is 4.52. The van der Waals surface area contributed by atoms with Crippen LogP contribution < -0.4 is 11.5 Å². The molecule has 17 heavy (non-hydrogen) atoms. The Hall–Kier alpha value is -1.82. The number of nitrogens with zero attached hydrogens (tertiary/aromatic N) is 2. The van der Waals surface area contributed by atoms with E-state index < -0.39 is 5.91 Å². The highest BCUT2D eigenvalue weighted by atomic mass is 79.9. The molecule has 0 spiro atoms. The van der Waals surface area contributed by atoms with Crippen molar-refractivity contribution in [1.29, 1.82) is 0 Å². The molecular formula is C11H11BrN4O. The van der Waals surface area contributed by atoms with Gasteiger partial charge in [-0.3, -0.25) is 4.79 Å². The first-order valence-corrected chi connectivity index (χ1v) is 5.73. The van der Waals surface area contributed by atoms with E-state index in [1.165, 1.54) is 6.07 Å². The molecule has 4 N–H and O–H groups in total. The molecule has 1 aromatic heterocycles. The summed E-state index contributed by atoms with van der Waals surface area (Å²) in [5.41, 5.74) is 12.1. The summed E-state index contributed by atoms with van der Waals surface area (Å²) in [5.74, 6) is -0.163. The molecule has 1 heterocycles. The predicted molar refractivity (Wildman–Crippen MR) is 68.4 cm³/mol. The monoisotopic (exact) mass is 294 g/mol. The van der Waals surface area contributed by atoms with Crippen molar-refractivity contribution < 1.29 is 4.79 Å². The molecule has 5 nitrogen and oxygen atoms in total. The van der Waals surface area contributed by atoms with Crippen LogP contribution in [-0.2, 0) is 6.54 Å². The highest BCUT2D eigenvalue weighted by Gasteiger charge is 2.09. The predicted octanol–water partition coefficient (Wildman–Crippen LogP) is 1.37. The van der Waals surface area contributed by atoms with Gasteiger partial charge >= 0.3 is 0 Å². The Bertz CT molecular complexity index is 564. The molecule has 2 aromatic rings. The van der Waals surface area contributed by atoms with Gasteiger partial charge < -0.3 is 11.5 Å². The molecule has 0 saturated heterocycles. The maximum absolute atomic E-state index is 11.0. The van der Waals surface area contributed by atoms with E-state index in [-0.39, 0.29) is 5.69 Å². The number of benzene rings is 1. The standard InChI is InChI=1S/C11H11BrN4O/c12-8-3-1-2-7(4-8)6-16-10(13)5-9(15-16)11(14)17/h1-5H,6,13H2,(H2,14,17). The van der Waals surface area contributed by atoms with Gasteiger partial charge in [0.1, 0.15) is 5.82 Å². The lowest BCUT2D eigenvalue weighted by Crippen LogP contribution is -2.13. The average Bonchev–Trinajstić information content (AvgIpc) is 2.61. The van der Waals surface area contributed by atoms with Gasteiger partial charge in [-0.05, 0) is 17.7 Å². The van der Waals surface area contributed by atoms with Crippen LogP contribution >= 0.6 is 15.9 Å². The molecule has 0 aliphatic carbocycles. The van der Waals surface area contributed by atoms with Gasteiger partial charge in [0.25, 0.3) is 5.91 Å². The number of amides is 1. The number of carbonyl (C=O) groups excluding carboxylic acids is 1. The topological polar surface area (TPSA) is 86.9 Å². The number of rotatable bonds is 3. The maximum atomic E-state index is 11.0. The Kier molecular flexibility index (Phi) is 3.14. The summed E-state index contributed by atoms with van der Waals surface area (Å²) < 4.78 is 2.53. The lowest BCUT2D eigenvalue weighted by molar-refractivity contribution is 0.0995. The minimum absolute atomic E-state index is 0.178. The van der Waals surface area contributed by atoms with Crippen molar-refractivity contribution in [2.75, 3.05) is 5.73 Å². The van der Waals surface area contributed by atoms with Gasteiger partial charge in [0, 0.05) is 10.5 Å². The summed E-state index contributed by atoms with van der Waals surface area (Å²) in [4.78, 5) is 11.0. The summed E-state index contributed by atoms with van der Waals surface area (Å²) in [6, 6.07) is 9.25. The van der Waals surface area contributed by atoms with E-state index in [1.807, 2.05) is 24.3 Å². The van der Waals surface area contributed by atoms with Crippen LogP contribution in [0.3, 0.4) is 0 Å². The highest BCUT2D eigenvalue weighted by molar-refractivity contribution is 9.10. The number of halogens is 1. The number of aromatic nitrogens is 2. The van der Waals surface area contributed by atoms with Gasteiger partial charge in [0.05, 0.1) is 6.54 Å².